The van der Waals surface area contributed by atoms with Gasteiger partial charge in [-0.1, -0.05) is 6.07 Å². The summed E-state index contributed by atoms with van der Waals surface area (Å²) in [6, 6.07) is 9.11. The first-order valence-corrected chi connectivity index (χ1v) is 6.09. The third-order valence-corrected chi connectivity index (χ3v) is 2.86. The van der Waals surface area contributed by atoms with Crippen molar-refractivity contribution in [1.29, 1.82) is 0 Å². The Balaban J connectivity index is 2.01. The zero-order chi connectivity index (χ0) is 15.0. The van der Waals surface area contributed by atoms with Crippen molar-refractivity contribution in [3.63, 3.8) is 0 Å². The molecule has 2 aromatic carbocycles. The Morgan fingerprint density at radius 2 is 1.95 bits per heavy atom. The second-order valence-corrected chi connectivity index (χ2v) is 4.41. The Morgan fingerprint density at radius 3 is 2.67 bits per heavy atom. The lowest BCUT2D eigenvalue weighted by Gasteiger charge is -2.22. The minimum absolute atomic E-state index is 0.0844. The molecule has 3 rings (SSSR count). The van der Waals surface area contributed by atoms with Crippen molar-refractivity contribution >= 4 is 17.3 Å². The molecule has 1 aliphatic rings. The maximum atomic E-state index is 11.2. The number of anilines is 1. The van der Waals surface area contributed by atoms with Crippen molar-refractivity contribution in [2.24, 2.45) is 0 Å². The van der Waals surface area contributed by atoms with Gasteiger partial charge in [0, 0.05) is 13.0 Å². The van der Waals surface area contributed by atoms with Crippen LogP contribution in [0.3, 0.4) is 0 Å². The number of carbonyl (C=O) groups excluding carboxylic acids is 1. The van der Waals surface area contributed by atoms with E-state index in [0.717, 1.165) is 0 Å². The zero-order valence-corrected chi connectivity index (χ0v) is 11.0. The lowest BCUT2D eigenvalue weighted by molar-refractivity contribution is -0.384. The number of hydrogen-bond acceptors (Lipinski definition) is 5. The van der Waals surface area contributed by atoms with Crippen LogP contribution in [-0.4, -0.2) is 10.8 Å². The summed E-state index contributed by atoms with van der Waals surface area (Å²) in [5.41, 5.74) is 0.391. The Morgan fingerprint density at radius 1 is 1.14 bits per heavy atom. The minimum Gasteiger partial charge on any atom is -0.449 e. The molecule has 1 N–H and O–H groups in total. The molecule has 2 aromatic rings. The number of nitrogens with zero attached hydrogens (tertiary/aromatic N) is 1. The van der Waals surface area contributed by atoms with Crippen molar-refractivity contribution in [1.82, 2.24) is 0 Å². The van der Waals surface area contributed by atoms with Crippen molar-refractivity contribution < 1.29 is 19.2 Å². The number of para-hydroxylation sites is 1. The summed E-state index contributed by atoms with van der Waals surface area (Å²) in [5, 5.41) is 13.4. The monoisotopic (exact) mass is 286 g/mol. The van der Waals surface area contributed by atoms with Crippen LogP contribution in [0.15, 0.2) is 36.4 Å². The highest BCUT2D eigenvalue weighted by Crippen LogP contribution is 2.49. The van der Waals surface area contributed by atoms with Gasteiger partial charge in [-0.3, -0.25) is 14.9 Å². The van der Waals surface area contributed by atoms with E-state index in [1.165, 1.54) is 25.1 Å². The molecule has 0 aromatic heterocycles. The van der Waals surface area contributed by atoms with Gasteiger partial charge in [-0.2, -0.15) is 0 Å². The number of hydrogen-bond donors (Lipinski definition) is 1. The van der Waals surface area contributed by atoms with E-state index < -0.39 is 4.92 Å². The summed E-state index contributed by atoms with van der Waals surface area (Å²) in [5.74, 6) is 1.13. The number of non-ortho nitro benzene ring substituents is 1. The molecule has 1 aliphatic heterocycles. The molecule has 7 heteroatoms. The van der Waals surface area contributed by atoms with E-state index in [9.17, 15) is 14.9 Å². The number of benzene rings is 2. The van der Waals surface area contributed by atoms with Crippen LogP contribution in [-0.2, 0) is 4.79 Å². The molecule has 0 saturated carbocycles. The molecule has 0 saturated heterocycles. The molecule has 21 heavy (non-hydrogen) atoms. The molecule has 0 atom stereocenters. The van der Waals surface area contributed by atoms with Crippen LogP contribution in [0.25, 0.3) is 0 Å². The number of nitro groups is 1. The highest BCUT2D eigenvalue weighted by molar-refractivity contribution is 5.91. The lowest BCUT2D eigenvalue weighted by atomic mass is 10.2. The first kappa shape index (κ1) is 12.9. The summed E-state index contributed by atoms with van der Waals surface area (Å²) in [7, 11) is 0. The van der Waals surface area contributed by atoms with E-state index >= 15 is 0 Å². The fourth-order valence-corrected chi connectivity index (χ4v) is 1.99. The van der Waals surface area contributed by atoms with Gasteiger partial charge in [-0.25, -0.2) is 0 Å². The Labute approximate surface area is 119 Å². The molecule has 0 fully saturated rings. The van der Waals surface area contributed by atoms with Crippen molar-refractivity contribution in [3.8, 4) is 23.0 Å². The maximum absolute atomic E-state index is 11.2. The van der Waals surface area contributed by atoms with Crippen LogP contribution in [0.2, 0.25) is 0 Å². The van der Waals surface area contributed by atoms with E-state index in [-0.39, 0.29) is 17.3 Å². The first-order chi connectivity index (χ1) is 10.0. The van der Waals surface area contributed by atoms with Gasteiger partial charge in [-0.05, 0) is 18.2 Å². The number of carbonyl (C=O) groups is 1. The number of amides is 1. The van der Waals surface area contributed by atoms with Crippen molar-refractivity contribution in [2.45, 2.75) is 6.92 Å². The molecule has 0 unspecified atom stereocenters. The van der Waals surface area contributed by atoms with Crippen molar-refractivity contribution in [2.75, 3.05) is 5.32 Å². The summed E-state index contributed by atoms with van der Waals surface area (Å²) in [6.45, 7) is 1.39. The number of ether oxygens (including phenoxy) is 2. The highest BCUT2D eigenvalue weighted by Gasteiger charge is 2.24. The predicted octanol–water partition coefficient (Wildman–Crippen LogP) is 3.45. The molecular formula is C14H10N2O5. The standard InChI is InChI=1S/C14H10N2O5/c1-8(17)15-10-3-2-4-12-14(10)21-11-6-5-9(16(18)19)7-13(11)20-12/h2-7H,1H3,(H,15,17). The summed E-state index contributed by atoms with van der Waals surface area (Å²) in [4.78, 5) is 21.4. The molecule has 1 amide bonds. The summed E-state index contributed by atoms with van der Waals surface area (Å²) < 4.78 is 11.3. The van der Waals surface area contributed by atoms with E-state index in [1.54, 1.807) is 18.2 Å². The molecule has 7 nitrogen and oxygen atoms in total. The van der Waals surface area contributed by atoms with Crippen LogP contribution in [0, 0.1) is 10.1 Å². The topological polar surface area (TPSA) is 90.7 Å². The van der Waals surface area contributed by atoms with Crippen LogP contribution in [0.5, 0.6) is 23.0 Å². The molecular weight excluding hydrogens is 276 g/mol. The smallest absolute Gasteiger partial charge is 0.273 e. The third-order valence-electron chi connectivity index (χ3n) is 2.86. The van der Waals surface area contributed by atoms with E-state index in [2.05, 4.69) is 5.32 Å². The fraction of sp³-hybridized carbons (Fsp3) is 0.0714. The first-order valence-electron chi connectivity index (χ1n) is 6.09. The van der Waals surface area contributed by atoms with Crippen LogP contribution in [0.1, 0.15) is 6.92 Å². The highest BCUT2D eigenvalue weighted by atomic mass is 16.6. The molecule has 0 aliphatic carbocycles. The molecule has 1 heterocycles. The molecule has 0 radical (unpaired) electrons. The Bertz CT molecular complexity index is 757. The van der Waals surface area contributed by atoms with Crippen LogP contribution in [0.4, 0.5) is 11.4 Å². The van der Waals surface area contributed by atoms with Gasteiger partial charge >= 0.3 is 0 Å². The third kappa shape index (κ3) is 2.36. The van der Waals surface area contributed by atoms with Gasteiger partial charge in [-0.15, -0.1) is 0 Å². The largest absolute Gasteiger partial charge is 0.449 e. The average Bonchev–Trinajstić information content (AvgIpc) is 2.44. The molecule has 0 bridgehead atoms. The quantitative estimate of drug-likeness (QED) is 0.575. The predicted molar refractivity (Wildman–Crippen MR) is 74.0 cm³/mol. The van der Waals surface area contributed by atoms with Gasteiger partial charge in [0.1, 0.15) is 0 Å². The summed E-state index contributed by atoms with van der Waals surface area (Å²) in [6.07, 6.45) is 0. The van der Waals surface area contributed by atoms with E-state index in [1.807, 2.05) is 0 Å². The van der Waals surface area contributed by atoms with Gasteiger partial charge < -0.3 is 14.8 Å². The average molecular weight is 286 g/mol. The number of nitrogens with one attached hydrogen (secondary N) is 1. The van der Waals surface area contributed by atoms with Gasteiger partial charge in [0.15, 0.2) is 23.0 Å². The zero-order valence-electron chi connectivity index (χ0n) is 11.0. The molecule has 106 valence electrons. The lowest BCUT2D eigenvalue weighted by Crippen LogP contribution is -2.09. The number of nitro benzene ring substituents is 1. The Hall–Kier alpha value is -3.09. The van der Waals surface area contributed by atoms with E-state index in [4.69, 9.17) is 9.47 Å². The fourth-order valence-electron chi connectivity index (χ4n) is 1.99. The normalized spacial score (nSPS) is 11.5. The maximum Gasteiger partial charge on any atom is 0.273 e. The Kier molecular flexibility index (Phi) is 2.94. The van der Waals surface area contributed by atoms with Crippen molar-refractivity contribution in [3.05, 3.63) is 46.5 Å². The number of rotatable bonds is 2. The second kappa shape index (κ2) is 4.78. The summed E-state index contributed by atoms with van der Waals surface area (Å²) >= 11 is 0. The van der Waals surface area contributed by atoms with Gasteiger partial charge in [0.2, 0.25) is 5.91 Å². The van der Waals surface area contributed by atoms with Gasteiger partial charge in [0.05, 0.1) is 16.7 Å². The van der Waals surface area contributed by atoms with E-state index in [0.29, 0.717) is 22.9 Å². The SMILES string of the molecule is CC(=O)Nc1cccc2c1Oc1ccc([N+](=O)[O-])cc1O2. The van der Waals surface area contributed by atoms with Crippen LogP contribution < -0.4 is 14.8 Å². The molecule has 0 spiro atoms. The minimum atomic E-state index is -0.507. The van der Waals surface area contributed by atoms with Gasteiger partial charge in [0.25, 0.3) is 5.69 Å². The van der Waals surface area contributed by atoms with Crippen LogP contribution >= 0.6 is 0 Å². The second-order valence-electron chi connectivity index (χ2n) is 4.41. The number of fused-ring (bicyclic) bond motifs is 2.